The Labute approximate surface area is 196 Å². The van der Waals surface area contributed by atoms with E-state index in [0.29, 0.717) is 6.07 Å². The van der Waals surface area contributed by atoms with Crippen LogP contribution in [0.1, 0.15) is 20.8 Å². The molecule has 6 N–H and O–H groups in total. The number of fused-ring (bicyclic) bond motifs is 1. The molecule has 3 aromatic heterocycles. The van der Waals surface area contributed by atoms with E-state index in [2.05, 4.69) is 15.6 Å². The fourth-order valence-electron chi connectivity index (χ4n) is 3.34. The molecule has 0 aliphatic rings. The van der Waals surface area contributed by atoms with Gasteiger partial charge in [0, 0.05) is 5.02 Å². The molecule has 34 heavy (non-hydrogen) atoms. The molecule has 10 nitrogen and oxygen atoms in total. The number of hydrogen-bond donors (Lipinski definition) is 4. The van der Waals surface area contributed by atoms with E-state index < -0.39 is 29.0 Å². The van der Waals surface area contributed by atoms with Gasteiger partial charge in [-0.25, -0.2) is 9.78 Å². The lowest BCUT2D eigenvalue weighted by molar-refractivity contribution is -0.730. The molecule has 174 valence electrons. The minimum Gasteiger partial charge on any atom is -0.397 e. The van der Waals surface area contributed by atoms with Gasteiger partial charge in [-0.3, -0.25) is 9.32 Å². The molecule has 0 bridgehead atoms. The Morgan fingerprint density at radius 3 is 2.68 bits per heavy atom. The third-order valence-corrected chi connectivity index (χ3v) is 6.13. The third kappa shape index (κ3) is 3.70. The number of anilines is 3. The van der Waals surface area contributed by atoms with E-state index in [1.807, 2.05) is 6.07 Å². The van der Waals surface area contributed by atoms with Crippen molar-refractivity contribution in [3.63, 3.8) is 0 Å². The number of nitrogens with one attached hydrogen (secondary N) is 2. The number of carbonyl (C=O) groups is 1. The van der Waals surface area contributed by atoms with E-state index in [1.165, 1.54) is 17.8 Å². The predicted molar refractivity (Wildman–Crippen MR) is 117 cm³/mol. The number of aryl methyl sites for hydroxylation is 1. The summed E-state index contributed by atoms with van der Waals surface area (Å²) in [6.45, 7) is 0. The first kappa shape index (κ1) is 23.1. The number of benzene rings is 1. The van der Waals surface area contributed by atoms with Crippen LogP contribution in [0, 0.1) is 11.3 Å². The van der Waals surface area contributed by atoms with Crippen LogP contribution in [-0.2, 0) is 13.2 Å². The second-order valence-electron chi connectivity index (χ2n) is 6.91. The fourth-order valence-corrected chi connectivity index (χ4v) is 4.52. The molecule has 15 heteroatoms. The van der Waals surface area contributed by atoms with Crippen molar-refractivity contribution >= 4 is 56.3 Å². The van der Waals surface area contributed by atoms with E-state index in [4.69, 9.17) is 27.6 Å². The first-order chi connectivity index (χ1) is 15.9. The summed E-state index contributed by atoms with van der Waals surface area (Å²) in [5.41, 5.74) is 8.98. The van der Waals surface area contributed by atoms with E-state index in [0.717, 1.165) is 17.4 Å². The van der Waals surface area contributed by atoms with Crippen LogP contribution in [-0.4, -0.2) is 16.2 Å². The number of amides is 1. The smallest absolute Gasteiger partial charge is 0.397 e. The van der Waals surface area contributed by atoms with Gasteiger partial charge in [-0.2, -0.15) is 18.4 Å². The maximum atomic E-state index is 13.4. The van der Waals surface area contributed by atoms with E-state index in [-0.39, 0.29) is 48.4 Å². The number of nitrogens with two attached hydrogens (primary N) is 2. The molecule has 4 aromatic rings. The summed E-state index contributed by atoms with van der Waals surface area (Å²) >= 11 is 6.40. The second kappa shape index (κ2) is 8.04. The number of rotatable bonds is 3. The average Bonchev–Trinajstić information content (AvgIpc) is 3.26. The number of carbonyl (C=O) groups excluding carboxylic acids is 1. The topological polar surface area (TPSA) is 168 Å². The molecular formula is C19H12ClF3N7O3S+. The highest BCUT2D eigenvalue weighted by molar-refractivity contribution is 7.21. The Bertz CT molecular complexity index is 1580. The second-order valence-corrected chi connectivity index (χ2v) is 8.35. The summed E-state index contributed by atoms with van der Waals surface area (Å²) in [4.78, 5) is 29.2. The van der Waals surface area contributed by atoms with Crippen molar-refractivity contribution < 1.29 is 27.2 Å². The van der Waals surface area contributed by atoms with Crippen LogP contribution in [0.25, 0.3) is 21.5 Å². The molecule has 0 fully saturated rings. The highest BCUT2D eigenvalue weighted by Gasteiger charge is 2.35. The van der Waals surface area contributed by atoms with Gasteiger partial charge in [0.1, 0.15) is 27.2 Å². The Kier molecular flexibility index (Phi) is 5.46. The Balaban J connectivity index is 1.91. The Morgan fingerprint density at radius 2 is 2.09 bits per heavy atom. The van der Waals surface area contributed by atoms with E-state index in [9.17, 15) is 28.0 Å². The number of nitrogens with zero attached hydrogens (tertiary/aromatic N) is 3. The normalized spacial score (nSPS) is 11.5. The maximum Gasteiger partial charge on any atom is 0.435 e. The minimum atomic E-state index is -4.79. The lowest BCUT2D eigenvalue weighted by atomic mass is 10.0. The number of aromatic amines is 1. The van der Waals surface area contributed by atoms with Gasteiger partial charge in [0.25, 0.3) is 5.91 Å². The van der Waals surface area contributed by atoms with Crippen LogP contribution in [0.5, 0.6) is 0 Å². The maximum absolute atomic E-state index is 13.4. The number of aromatic nitrogens is 3. The van der Waals surface area contributed by atoms with Gasteiger partial charge >= 0.3 is 17.5 Å². The highest BCUT2D eigenvalue weighted by Crippen LogP contribution is 2.42. The number of pyridine rings is 1. The van der Waals surface area contributed by atoms with Gasteiger partial charge in [0.2, 0.25) is 0 Å². The van der Waals surface area contributed by atoms with Crippen LogP contribution in [0.3, 0.4) is 0 Å². The molecule has 0 saturated heterocycles. The third-order valence-electron chi connectivity index (χ3n) is 4.80. The average molecular weight is 511 g/mol. The molecule has 0 aliphatic heterocycles. The first-order valence-electron chi connectivity index (χ1n) is 9.11. The summed E-state index contributed by atoms with van der Waals surface area (Å²) in [5.74, 6) is -1.21. The number of thiophene rings is 1. The first-order valence-corrected chi connectivity index (χ1v) is 10.3. The number of nitrogen functional groups attached to an aromatic ring is 2. The molecule has 0 spiro atoms. The van der Waals surface area contributed by atoms with Gasteiger partial charge in [-0.05, 0) is 23.5 Å². The zero-order valence-electron chi connectivity index (χ0n) is 16.9. The van der Waals surface area contributed by atoms with E-state index >= 15 is 0 Å². The lowest BCUT2D eigenvalue weighted by Crippen LogP contribution is -2.34. The molecule has 0 radical (unpaired) electrons. The number of halogens is 4. The zero-order valence-corrected chi connectivity index (χ0v) is 18.4. The monoisotopic (exact) mass is 510 g/mol. The van der Waals surface area contributed by atoms with Crippen molar-refractivity contribution in [3.05, 3.63) is 49.6 Å². The highest BCUT2D eigenvalue weighted by atomic mass is 35.5. The molecular weight excluding hydrogens is 499 g/mol. The number of hydrogen-bond acceptors (Lipinski definition) is 8. The largest absolute Gasteiger partial charge is 0.435 e. The van der Waals surface area contributed by atoms with Crippen LogP contribution < -0.4 is 27.1 Å². The Hall–Kier alpha value is -4.09. The summed E-state index contributed by atoms with van der Waals surface area (Å²) < 4.78 is 46.2. The SMILES string of the molecule is C[n+]1[nH]oc(=O)c1-c1c(C#N)c(N)nc2sc(C(=O)Nc3ccc(Cl)cc3C(F)(F)F)c(N)c12. The summed E-state index contributed by atoms with van der Waals surface area (Å²) in [6.07, 6.45) is -4.79. The summed E-state index contributed by atoms with van der Waals surface area (Å²) in [7, 11) is 1.43. The predicted octanol–water partition coefficient (Wildman–Crippen LogP) is 3.03. The molecule has 4 rings (SSSR count). The van der Waals surface area contributed by atoms with Crippen molar-refractivity contribution in [2.45, 2.75) is 6.18 Å². The molecule has 0 atom stereocenters. The minimum absolute atomic E-state index is 0.0298. The molecule has 0 unspecified atom stereocenters. The van der Waals surface area contributed by atoms with Crippen molar-refractivity contribution in [1.82, 2.24) is 10.3 Å². The van der Waals surface area contributed by atoms with Crippen molar-refractivity contribution in [3.8, 4) is 17.3 Å². The lowest BCUT2D eigenvalue weighted by Gasteiger charge is -2.14. The summed E-state index contributed by atoms with van der Waals surface area (Å²) in [5, 5.41) is 14.0. The molecule has 0 aliphatic carbocycles. The van der Waals surface area contributed by atoms with Crippen LogP contribution in [0.4, 0.5) is 30.4 Å². The van der Waals surface area contributed by atoms with Gasteiger partial charge in [0.15, 0.2) is 7.05 Å². The number of H-pyrrole nitrogens is 1. The van der Waals surface area contributed by atoms with Crippen molar-refractivity contribution in [2.24, 2.45) is 7.05 Å². The van der Waals surface area contributed by atoms with Gasteiger partial charge < -0.3 is 16.8 Å². The molecule has 0 saturated carbocycles. The summed E-state index contributed by atoms with van der Waals surface area (Å²) in [6, 6.07) is 4.72. The molecule has 1 aromatic carbocycles. The van der Waals surface area contributed by atoms with E-state index in [1.54, 1.807) is 0 Å². The van der Waals surface area contributed by atoms with Gasteiger partial charge in [-0.1, -0.05) is 16.3 Å². The zero-order chi connectivity index (χ0) is 24.9. The Morgan fingerprint density at radius 1 is 1.38 bits per heavy atom. The van der Waals surface area contributed by atoms with Crippen molar-refractivity contribution in [2.75, 3.05) is 16.8 Å². The molecule has 1 amide bonds. The van der Waals surface area contributed by atoms with Crippen LogP contribution in [0.2, 0.25) is 5.02 Å². The standard InChI is InChI=1S/C19H11ClF3N7O3S/c1-30-13(18(32)33-29-30)10-7(5-24)15(26)28-17-11(10)12(25)14(34-17)16(31)27-9-3-2-6(20)4-8(9)19(21,22)23/h2-4H,1H3,(H5-,25,26,27,28,29,31,32)/p+1. The molecule has 3 heterocycles. The van der Waals surface area contributed by atoms with Gasteiger partial charge in [-0.15, -0.1) is 11.3 Å². The van der Waals surface area contributed by atoms with Gasteiger partial charge in [0.05, 0.1) is 27.9 Å². The fraction of sp³-hybridized carbons (Fsp3) is 0.105. The quantitative estimate of drug-likeness (QED) is 0.307. The number of alkyl halides is 3. The van der Waals surface area contributed by atoms with Crippen LogP contribution >= 0.6 is 22.9 Å². The van der Waals surface area contributed by atoms with Crippen LogP contribution in [0.15, 0.2) is 27.5 Å². The van der Waals surface area contributed by atoms with Crippen molar-refractivity contribution in [1.29, 1.82) is 5.26 Å². The number of nitriles is 1.